The first-order valence-corrected chi connectivity index (χ1v) is 9.51. The second-order valence-electron chi connectivity index (χ2n) is 8.94. The Morgan fingerprint density at radius 2 is 1.04 bits per heavy atom. The Hall–Kier alpha value is -2.62. The summed E-state index contributed by atoms with van der Waals surface area (Å²) < 4.78 is 11.4. The molecule has 0 saturated carbocycles. The highest BCUT2D eigenvalue weighted by atomic mass is 16.5. The summed E-state index contributed by atoms with van der Waals surface area (Å²) in [6, 6.07) is 11.3. The zero-order chi connectivity index (χ0) is 20.9. The average Bonchev–Trinajstić information content (AvgIpc) is 2.63. The van der Waals surface area contributed by atoms with E-state index in [0.29, 0.717) is 22.6 Å². The monoisotopic (exact) mass is 382 g/mol. The summed E-state index contributed by atoms with van der Waals surface area (Å²) in [5, 5.41) is 0. The van der Waals surface area contributed by atoms with Gasteiger partial charge in [0.25, 0.3) is 0 Å². The third-order valence-corrected chi connectivity index (χ3v) is 4.60. The minimum atomic E-state index is -0.0378. The van der Waals surface area contributed by atoms with Crippen LogP contribution in [-0.4, -0.2) is 25.8 Å². The molecule has 0 atom stereocenters. The Balaban J connectivity index is 2.01. The van der Waals surface area contributed by atoms with Crippen molar-refractivity contribution in [3.05, 3.63) is 58.7 Å². The predicted octanol–water partition coefficient (Wildman–Crippen LogP) is 5.36. The Kier molecular flexibility index (Phi) is 6.65. The molecule has 2 rings (SSSR count). The zero-order valence-electron chi connectivity index (χ0n) is 17.7. The maximum atomic E-state index is 11.4. The molecule has 0 N–H and O–H groups in total. The van der Waals surface area contributed by atoms with Crippen molar-refractivity contribution in [3.8, 4) is 11.5 Å². The van der Waals surface area contributed by atoms with Gasteiger partial charge in [0, 0.05) is 0 Å². The van der Waals surface area contributed by atoms with Gasteiger partial charge in [0.1, 0.15) is 24.7 Å². The molecule has 2 aromatic rings. The summed E-state index contributed by atoms with van der Waals surface area (Å²) in [5.74, 6) is 1.07. The van der Waals surface area contributed by atoms with E-state index >= 15 is 0 Å². The number of carbonyl (C=O) groups is 2. The fraction of sp³-hybridized carbons (Fsp3) is 0.417. The molecule has 0 fully saturated rings. The minimum absolute atomic E-state index is 0.0378. The second kappa shape index (κ2) is 8.59. The molecule has 150 valence electrons. The maximum Gasteiger partial charge on any atom is 0.153 e. The molecule has 0 heterocycles. The van der Waals surface area contributed by atoms with Gasteiger partial charge in [0.15, 0.2) is 12.6 Å². The van der Waals surface area contributed by atoms with Gasteiger partial charge in [0.2, 0.25) is 0 Å². The maximum absolute atomic E-state index is 11.4. The van der Waals surface area contributed by atoms with Gasteiger partial charge in [-0.3, -0.25) is 9.59 Å². The number of rotatable bonds is 7. The molecular formula is C24H30O4. The summed E-state index contributed by atoms with van der Waals surface area (Å²) in [6.07, 6.45) is 1.61. The number of ether oxygens (including phenoxy) is 2. The molecule has 0 aromatic heterocycles. The normalized spacial score (nSPS) is 11.8. The van der Waals surface area contributed by atoms with Gasteiger partial charge in [-0.2, -0.15) is 0 Å². The largest absolute Gasteiger partial charge is 0.489 e. The van der Waals surface area contributed by atoms with Crippen LogP contribution < -0.4 is 9.47 Å². The van der Waals surface area contributed by atoms with Crippen molar-refractivity contribution in [2.45, 2.75) is 52.4 Å². The van der Waals surface area contributed by atoms with Gasteiger partial charge in [-0.25, -0.2) is 0 Å². The van der Waals surface area contributed by atoms with Crippen LogP contribution in [0.5, 0.6) is 11.5 Å². The molecule has 0 amide bonds. The zero-order valence-corrected chi connectivity index (χ0v) is 17.7. The van der Waals surface area contributed by atoms with Gasteiger partial charge in [-0.15, -0.1) is 0 Å². The molecule has 4 nitrogen and oxygen atoms in total. The van der Waals surface area contributed by atoms with Crippen LogP contribution in [0.15, 0.2) is 36.4 Å². The van der Waals surface area contributed by atoms with Gasteiger partial charge < -0.3 is 9.47 Å². The van der Waals surface area contributed by atoms with Crippen molar-refractivity contribution in [2.75, 3.05) is 13.2 Å². The van der Waals surface area contributed by atoms with Crippen LogP contribution >= 0.6 is 0 Å². The highest BCUT2D eigenvalue weighted by molar-refractivity contribution is 5.80. The van der Waals surface area contributed by atoms with E-state index in [-0.39, 0.29) is 24.0 Å². The van der Waals surface area contributed by atoms with Gasteiger partial charge in [-0.1, -0.05) is 53.7 Å². The van der Waals surface area contributed by atoms with Crippen molar-refractivity contribution >= 4 is 12.6 Å². The highest BCUT2D eigenvalue weighted by Crippen LogP contribution is 2.28. The summed E-state index contributed by atoms with van der Waals surface area (Å²) in [4.78, 5) is 22.8. The van der Waals surface area contributed by atoms with E-state index in [1.54, 1.807) is 0 Å². The third kappa shape index (κ3) is 5.44. The molecule has 0 saturated heterocycles. The van der Waals surface area contributed by atoms with Crippen molar-refractivity contribution in [1.29, 1.82) is 0 Å². The van der Waals surface area contributed by atoms with Gasteiger partial charge in [0.05, 0.1) is 11.1 Å². The topological polar surface area (TPSA) is 52.6 Å². The number of aldehydes is 2. The Bertz CT molecular complexity index is 767. The SMILES string of the molecule is CC(C)(C)c1ccc(OCCOc2ccc(C(C)(C)C)cc2C=O)c(C=O)c1. The van der Waals surface area contributed by atoms with Crippen LogP contribution in [0.1, 0.15) is 73.4 Å². The third-order valence-electron chi connectivity index (χ3n) is 4.60. The molecule has 0 aliphatic heterocycles. The summed E-state index contributed by atoms with van der Waals surface area (Å²) in [6.45, 7) is 13.1. The lowest BCUT2D eigenvalue weighted by molar-refractivity contribution is 0.110. The molecule has 4 heteroatoms. The van der Waals surface area contributed by atoms with Crippen LogP contribution in [0.2, 0.25) is 0 Å². The van der Waals surface area contributed by atoms with E-state index in [2.05, 4.69) is 41.5 Å². The first kappa shape index (κ1) is 21.7. The number of hydrogen-bond donors (Lipinski definition) is 0. The first-order chi connectivity index (χ1) is 13.1. The second-order valence-corrected chi connectivity index (χ2v) is 8.94. The fourth-order valence-corrected chi connectivity index (χ4v) is 2.78. The molecule has 2 aromatic carbocycles. The van der Waals surface area contributed by atoms with Crippen molar-refractivity contribution < 1.29 is 19.1 Å². The standard InChI is InChI=1S/C24H30O4/c1-23(2,3)19-7-9-21(17(13-19)15-25)27-11-12-28-22-10-8-20(24(4,5)6)14-18(22)16-26/h7-10,13-16H,11-12H2,1-6H3. The Labute approximate surface area is 167 Å². The molecule has 0 unspecified atom stereocenters. The summed E-state index contributed by atoms with van der Waals surface area (Å²) in [5.41, 5.74) is 3.12. The van der Waals surface area contributed by atoms with Gasteiger partial charge >= 0.3 is 0 Å². The lowest BCUT2D eigenvalue weighted by Crippen LogP contribution is -2.14. The average molecular weight is 383 g/mol. The van der Waals surface area contributed by atoms with E-state index < -0.39 is 0 Å². The Morgan fingerprint density at radius 3 is 1.32 bits per heavy atom. The van der Waals surface area contributed by atoms with E-state index in [4.69, 9.17) is 9.47 Å². The van der Waals surface area contributed by atoms with Crippen molar-refractivity contribution in [1.82, 2.24) is 0 Å². The highest BCUT2D eigenvalue weighted by Gasteiger charge is 2.17. The number of benzene rings is 2. The van der Waals surface area contributed by atoms with Crippen LogP contribution in [0, 0.1) is 0 Å². The molecular weight excluding hydrogens is 352 g/mol. The quantitative estimate of drug-likeness (QED) is 0.477. The fourth-order valence-electron chi connectivity index (χ4n) is 2.78. The predicted molar refractivity (Wildman–Crippen MR) is 112 cm³/mol. The molecule has 0 aliphatic carbocycles. The van der Waals surface area contributed by atoms with Crippen LogP contribution in [-0.2, 0) is 10.8 Å². The molecule has 0 bridgehead atoms. The Morgan fingerprint density at radius 1 is 0.679 bits per heavy atom. The smallest absolute Gasteiger partial charge is 0.153 e. The van der Waals surface area contributed by atoms with E-state index in [0.717, 1.165) is 23.7 Å². The van der Waals surface area contributed by atoms with Crippen LogP contribution in [0.3, 0.4) is 0 Å². The molecule has 28 heavy (non-hydrogen) atoms. The molecule has 0 spiro atoms. The van der Waals surface area contributed by atoms with Crippen molar-refractivity contribution in [2.24, 2.45) is 0 Å². The number of hydrogen-bond acceptors (Lipinski definition) is 4. The summed E-state index contributed by atoms with van der Waals surface area (Å²) >= 11 is 0. The van der Waals surface area contributed by atoms with E-state index in [9.17, 15) is 9.59 Å². The molecule has 0 aliphatic rings. The minimum Gasteiger partial charge on any atom is -0.489 e. The lowest BCUT2D eigenvalue weighted by atomic mass is 9.86. The lowest BCUT2D eigenvalue weighted by Gasteiger charge is -2.21. The van der Waals surface area contributed by atoms with E-state index in [1.807, 2.05) is 36.4 Å². The van der Waals surface area contributed by atoms with Crippen LogP contribution in [0.25, 0.3) is 0 Å². The first-order valence-electron chi connectivity index (χ1n) is 9.51. The summed E-state index contributed by atoms with van der Waals surface area (Å²) in [7, 11) is 0. The van der Waals surface area contributed by atoms with Crippen molar-refractivity contribution in [3.63, 3.8) is 0 Å². The molecule has 0 radical (unpaired) electrons. The van der Waals surface area contributed by atoms with Gasteiger partial charge in [-0.05, 0) is 46.2 Å². The number of carbonyl (C=O) groups excluding carboxylic acids is 2. The van der Waals surface area contributed by atoms with E-state index in [1.165, 1.54) is 0 Å². The van der Waals surface area contributed by atoms with Crippen LogP contribution in [0.4, 0.5) is 0 Å².